The lowest BCUT2D eigenvalue weighted by molar-refractivity contribution is 0.566. The Balaban J connectivity index is 1.94. The summed E-state index contributed by atoms with van der Waals surface area (Å²) in [6.07, 6.45) is 4.93. The molecule has 106 valence electrons. The van der Waals surface area contributed by atoms with E-state index in [1.165, 1.54) is 25.7 Å². The van der Waals surface area contributed by atoms with Crippen molar-refractivity contribution in [1.29, 1.82) is 0 Å². The smallest absolute Gasteiger partial charge is 0.136 e. The molecule has 19 heavy (non-hydrogen) atoms. The first-order valence-corrected chi connectivity index (χ1v) is 7.55. The number of nitrogens with zero attached hydrogens (tertiary/aromatic N) is 2. The van der Waals surface area contributed by atoms with E-state index in [-0.39, 0.29) is 0 Å². The topological polar surface area (TPSA) is 49.8 Å². The fourth-order valence-corrected chi connectivity index (χ4v) is 2.08. The second kappa shape index (κ2) is 6.73. The second-order valence-corrected chi connectivity index (χ2v) is 5.76. The Hall–Kier alpha value is -1.32. The summed E-state index contributed by atoms with van der Waals surface area (Å²) in [5.41, 5.74) is 0. The Bertz CT molecular complexity index is 399. The molecule has 1 aromatic heterocycles. The van der Waals surface area contributed by atoms with Crippen molar-refractivity contribution in [2.45, 2.75) is 52.4 Å². The van der Waals surface area contributed by atoms with E-state index in [1.807, 2.05) is 6.07 Å². The van der Waals surface area contributed by atoms with E-state index in [9.17, 15) is 0 Å². The van der Waals surface area contributed by atoms with Crippen molar-refractivity contribution >= 4 is 11.6 Å². The second-order valence-electron chi connectivity index (χ2n) is 5.76. The maximum atomic E-state index is 4.63. The third-order valence-corrected chi connectivity index (χ3v) is 3.31. The van der Waals surface area contributed by atoms with Gasteiger partial charge in [-0.05, 0) is 38.5 Å². The fourth-order valence-electron chi connectivity index (χ4n) is 2.08. The average Bonchev–Trinajstić information content (AvgIpc) is 3.19. The van der Waals surface area contributed by atoms with E-state index in [1.54, 1.807) is 0 Å². The molecule has 2 rings (SSSR count). The van der Waals surface area contributed by atoms with Crippen LogP contribution in [-0.4, -0.2) is 23.1 Å². The summed E-state index contributed by atoms with van der Waals surface area (Å²) >= 11 is 0. The summed E-state index contributed by atoms with van der Waals surface area (Å²) in [7, 11) is 0. The molecule has 1 heterocycles. The summed E-state index contributed by atoms with van der Waals surface area (Å²) in [4.78, 5) is 9.21. The zero-order chi connectivity index (χ0) is 13.7. The predicted octanol–water partition coefficient (Wildman–Crippen LogP) is 3.63. The van der Waals surface area contributed by atoms with Gasteiger partial charge in [0.25, 0.3) is 0 Å². The lowest BCUT2D eigenvalue weighted by Gasteiger charge is -2.11. The Morgan fingerprint density at radius 3 is 2.47 bits per heavy atom. The summed E-state index contributed by atoms with van der Waals surface area (Å²) in [5, 5.41) is 6.72. The third-order valence-electron chi connectivity index (χ3n) is 3.31. The Kier molecular flexibility index (Phi) is 5.00. The van der Waals surface area contributed by atoms with Crippen molar-refractivity contribution in [1.82, 2.24) is 9.97 Å². The van der Waals surface area contributed by atoms with E-state index < -0.39 is 0 Å². The molecule has 0 aromatic carbocycles. The summed E-state index contributed by atoms with van der Waals surface area (Å²) in [5.74, 6) is 4.29. The molecule has 1 saturated carbocycles. The van der Waals surface area contributed by atoms with E-state index >= 15 is 0 Å². The quantitative estimate of drug-likeness (QED) is 0.702. The molecule has 0 atom stereocenters. The van der Waals surface area contributed by atoms with E-state index in [2.05, 4.69) is 41.4 Å². The van der Waals surface area contributed by atoms with Crippen LogP contribution in [0.4, 0.5) is 11.6 Å². The van der Waals surface area contributed by atoms with Gasteiger partial charge in [-0.3, -0.25) is 0 Å². The van der Waals surface area contributed by atoms with Crippen LogP contribution < -0.4 is 10.6 Å². The molecule has 4 nitrogen and oxygen atoms in total. The number of aromatic nitrogens is 2. The monoisotopic (exact) mass is 262 g/mol. The van der Waals surface area contributed by atoms with Crippen LogP contribution in [0.1, 0.15) is 58.2 Å². The highest BCUT2D eigenvalue weighted by Crippen LogP contribution is 2.38. The molecule has 0 saturated heterocycles. The van der Waals surface area contributed by atoms with Gasteiger partial charge in [0, 0.05) is 25.1 Å². The molecular weight excluding hydrogens is 236 g/mol. The molecule has 1 aromatic rings. The summed E-state index contributed by atoms with van der Waals surface area (Å²) < 4.78 is 0. The molecule has 0 amide bonds. The Labute approximate surface area is 116 Å². The lowest BCUT2D eigenvalue weighted by atomic mass is 10.1. The molecule has 0 aliphatic heterocycles. The van der Waals surface area contributed by atoms with Gasteiger partial charge in [0.1, 0.15) is 17.5 Å². The molecule has 1 fully saturated rings. The first-order valence-electron chi connectivity index (χ1n) is 7.55. The van der Waals surface area contributed by atoms with Crippen LogP contribution in [-0.2, 0) is 0 Å². The van der Waals surface area contributed by atoms with Crippen LogP contribution in [0.5, 0.6) is 0 Å². The minimum atomic E-state index is 0.592. The van der Waals surface area contributed by atoms with Crippen molar-refractivity contribution in [3.63, 3.8) is 0 Å². The van der Waals surface area contributed by atoms with Gasteiger partial charge in [-0.25, -0.2) is 9.97 Å². The standard InChI is InChI=1S/C15H26N4/c1-4-16-13-10-14(17-9-5-6-11(2)3)19-15(18-13)12-7-8-12/h10-12H,4-9H2,1-3H3,(H2,16,17,18,19). The van der Waals surface area contributed by atoms with Crippen LogP contribution >= 0.6 is 0 Å². The van der Waals surface area contributed by atoms with Gasteiger partial charge < -0.3 is 10.6 Å². The molecular formula is C15H26N4. The lowest BCUT2D eigenvalue weighted by Crippen LogP contribution is -2.09. The van der Waals surface area contributed by atoms with E-state index in [4.69, 9.17) is 0 Å². The Morgan fingerprint density at radius 1 is 1.21 bits per heavy atom. The number of hydrogen-bond donors (Lipinski definition) is 2. The van der Waals surface area contributed by atoms with E-state index in [0.717, 1.165) is 36.5 Å². The highest BCUT2D eigenvalue weighted by Gasteiger charge is 2.27. The number of anilines is 2. The van der Waals surface area contributed by atoms with Gasteiger partial charge in [0.2, 0.25) is 0 Å². The number of hydrogen-bond acceptors (Lipinski definition) is 4. The van der Waals surface area contributed by atoms with Gasteiger partial charge in [0.05, 0.1) is 0 Å². The maximum Gasteiger partial charge on any atom is 0.136 e. The van der Waals surface area contributed by atoms with Crippen molar-refractivity contribution < 1.29 is 0 Å². The predicted molar refractivity (Wildman–Crippen MR) is 80.7 cm³/mol. The molecule has 2 N–H and O–H groups in total. The van der Waals surface area contributed by atoms with Crippen molar-refractivity contribution in [2.24, 2.45) is 5.92 Å². The summed E-state index contributed by atoms with van der Waals surface area (Å²) in [6, 6.07) is 2.02. The minimum Gasteiger partial charge on any atom is -0.370 e. The van der Waals surface area contributed by atoms with Crippen LogP contribution in [0, 0.1) is 5.92 Å². The number of nitrogens with one attached hydrogen (secondary N) is 2. The zero-order valence-corrected chi connectivity index (χ0v) is 12.4. The molecule has 1 aliphatic carbocycles. The maximum absolute atomic E-state index is 4.63. The first-order chi connectivity index (χ1) is 9.19. The fraction of sp³-hybridized carbons (Fsp3) is 0.733. The Morgan fingerprint density at radius 2 is 1.89 bits per heavy atom. The normalized spacial score (nSPS) is 14.7. The molecule has 0 bridgehead atoms. The average molecular weight is 262 g/mol. The first kappa shape index (κ1) is 14.1. The molecule has 0 radical (unpaired) electrons. The van der Waals surface area contributed by atoms with Gasteiger partial charge >= 0.3 is 0 Å². The van der Waals surface area contributed by atoms with Gasteiger partial charge in [-0.15, -0.1) is 0 Å². The van der Waals surface area contributed by atoms with Crippen LogP contribution in [0.25, 0.3) is 0 Å². The van der Waals surface area contributed by atoms with Crippen molar-refractivity contribution in [3.8, 4) is 0 Å². The van der Waals surface area contributed by atoms with Crippen LogP contribution in [0.2, 0.25) is 0 Å². The molecule has 1 aliphatic rings. The molecule has 0 spiro atoms. The molecule has 4 heteroatoms. The number of rotatable bonds is 8. The highest BCUT2D eigenvalue weighted by atomic mass is 15.1. The van der Waals surface area contributed by atoms with Crippen LogP contribution in [0.15, 0.2) is 6.07 Å². The SMILES string of the molecule is CCNc1cc(NCCCC(C)C)nc(C2CC2)n1. The van der Waals surface area contributed by atoms with E-state index in [0.29, 0.717) is 5.92 Å². The summed E-state index contributed by atoms with van der Waals surface area (Å²) in [6.45, 7) is 8.51. The van der Waals surface area contributed by atoms with Crippen molar-refractivity contribution in [2.75, 3.05) is 23.7 Å². The van der Waals surface area contributed by atoms with Gasteiger partial charge in [0.15, 0.2) is 0 Å². The molecule has 0 unspecified atom stereocenters. The van der Waals surface area contributed by atoms with Crippen LogP contribution in [0.3, 0.4) is 0 Å². The third kappa shape index (κ3) is 4.69. The van der Waals surface area contributed by atoms with Crippen molar-refractivity contribution in [3.05, 3.63) is 11.9 Å². The van der Waals surface area contributed by atoms with Gasteiger partial charge in [-0.1, -0.05) is 13.8 Å². The largest absolute Gasteiger partial charge is 0.370 e. The minimum absolute atomic E-state index is 0.592. The zero-order valence-electron chi connectivity index (χ0n) is 12.4. The highest BCUT2D eigenvalue weighted by molar-refractivity contribution is 5.48. The van der Waals surface area contributed by atoms with Gasteiger partial charge in [-0.2, -0.15) is 0 Å².